The first kappa shape index (κ1) is 16.4. The van der Waals surface area contributed by atoms with Crippen molar-refractivity contribution in [3.63, 3.8) is 0 Å². The second-order valence-corrected chi connectivity index (χ2v) is 5.11. The summed E-state index contributed by atoms with van der Waals surface area (Å²) < 4.78 is 0. The van der Waals surface area contributed by atoms with Crippen molar-refractivity contribution in [3.8, 4) is 0 Å². The largest absolute Gasteiger partial charge is 0.389 e. The van der Waals surface area contributed by atoms with Gasteiger partial charge in [0.05, 0.1) is 12.1 Å². The Balaban J connectivity index is 3.70. The average Bonchev–Trinajstić information content (AvgIpc) is 2.16. The molecule has 0 aliphatic carbocycles. The highest BCUT2D eigenvalue weighted by atomic mass is 16.3. The molecule has 1 amide bonds. The van der Waals surface area contributed by atoms with Crippen molar-refractivity contribution in [2.75, 3.05) is 13.1 Å². The molecule has 0 saturated heterocycles. The highest BCUT2D eigenvalue weighted by molar-refractivity contribution is 5.78. The number of rotatable bonds is 9. The number of aliphatic hydroxyl groups is 1. The fourth-order valence-corrected chi connectivity index (χ4v) is 1.90. The number of hydrogen-bond donors (Lipinski definition) is 3. The van der Waals surface area contributed by atoms with E-state index in [1.165, 1.54) is 0 Å². The maximum atomic E-state index is 11.5. The van der Waals surface area contributed by atoms with Crippen molar-refractivity contribution >= 4 is 5.91 Å². The molecule has 0 aromatic carbocycles. The van der Waals surface area contributed by atoms with Crippen LogP contribution in [0.15, 0.2) is 0 Å². The van der Waals surface area contributed by atoms with Crippen LogP contribution < -0.4 is 10.6 Å². The van der Waals surface area contributed by atoms with Gasteiger partial charge in [-0.05, 0) is 26.7 Å². The highest BCUT2D eigenvalue weighted by Gasteiger charge is 2.18. The minimum Gasteiger partial charge on any atom is -0.389 e. The maximum absolute atomic E-state index is 11.5. The van der Waals surface area contributed by atoms with Gasteiger partial charge in [0.25, 0.3) is 0 Å². The van der Waals surface area contributed by atoms with Gasteiger partial charge < -0.3 is 15.7 Å². The molecule has 0 fully saturated rings. The van der Waals surface area contributed by atoms with Gasteiger partial charge in [0.1, 0.15) is 0 Å². The Labute approximate surface area is 105 Å². The van der Waals surface area contributed by atoms with Crippen LogP contribution in [0.5, 0.6) is 0 Å². The van der Waals surface area contributed by atoms with Gasteiger partial charge in [-0.1, -0.05) is 26.7 Å². The van der Waals surface area contributed by atoms with E-state index in [1.807, 2.05) is 13.8 Å². The summed E-state index contributed by atoms with van der Waals surface area (Å²) in [5.74, 6) is -0.00162. The highest BCUT2D eigenvalue weighted by Crippen LogP contribution is 2.09. The molecule has 0 radical (unpaired) electrons. The summed E-state index contributed by atoms with van der Waals surface area (Å²) in [4.78, 5) is 11.5. The Morgan fingerprint density at radius 2 is 2.00 bits per heavy atom. The van der Waals surface area contributed by atoms with Crippen molar-refractivity contribution in [1.29, 1.82) is 0 Å². The summed E-state index contributed by atoms with van der Waals surface area (Å²) in [6.07, 6.45) is 3.75. The van der Waals surface area contributed by atoms with E-state index in [0.29, 0.717) is 6.54 Å². The van der Waals surface area contributed by atoms with Crippen molar-refractivity contribution in [2.24, 2.45) is 0 Å². The molecule has 2 atom stereocenters. The minimum absolute atomic E-state index is 0.00162. The lowest BCUT2D eigenvalue weighted by Crippen LogP contribution is -2.44. The summed E-state index contributed by atoms with van der Waals surface area (Å²) in [6.45, 7) is 8.66. The predicted octanol–water partition coefficient (Wildman–Crippen LogP) is 1.43. The van der Waals surface area contributed by atoms with Crippen LogP contribution in [0.25, 0.3) is 0 Å². The summed E-state index contributed by atoms with van der Waals surface area (Å²) >= 11 is 0. The standard InChI is InChI=1S/C13H28N2O2/c1-5-7-11(3)15-12(16)9-14-10-13(4,17)8-6-2/h11,14,17H,5-10H2,1-4H3,(H,15,16). The molecule has 2 unspecified atom stereocenters. The first-order valence-electron chi connectivity index (χ1n) is 6.63. The molecule has 0 aliphatic heterocycles. The third-order valence-corrected chi connectivity index (χ3v) is 2.71. The van der Waals surface area contributed by atoms with E-state index in [4.69, 9.17) is 0 Å². The molecule has 0 heterocycles. The fraction of sp³-hybridized carbons (Fsp3) is 0.923. The van der Waals surface area contributed by atoms with E-state index in [2.05, 4.69) is 17.6 Å². The average molecular weight is 244 g/mol. The predicted molar refractivity (Wildman–Crippen MR) is 70.9 cm³/mol. The quantitative estimate of drug-likeness (QED) is 0.575. The Kier molecular flexibility index (Phi) is 8.17. The Bertz CT molecular complexity index is 217. The Morgan fingerprint density at radius 3 is 2.53 bits per heavy atom. The van der Waals surface area contributed by atoms with Crippen LogP contribution in [-0.4, -0.2) is 35.7 Å². The van der Waals surface area contributed by atoms with Crippen LogP contribution in [0.1, 0.15) is 53.4 Å². The molecule has 0 aromatic rings. The van der Waals surface area contributed by atoms with E-state index in [1.54, 1.807) is 6.92 Å². The van der Waals surface area contributed by atoms with Gasteiger partial charge in [0, 0.05) is 12.6 Å². The van der Waals surface area contributed by atoms with Crippen LogP contribution in [0.3, 0.4) is 0 Å². The maximum Gasteiger partial charge on any atom is 0.234 e. The Hall–Kier alpha value is -0.610. The molecule has 17 heavy (non-hydrogen) atoms. The normalized spacial score (nSPS) is 16.3. The third kappa shape index (κ3) is 9.12. The molecular weight excluding hydrogens is 216 g/mol. The first-order valence-corrected chi connectivity index (χ1v) is 6.63. The molecule has 0 saturated carbocycles. The Morgan fingerprint density at radius 1 is 1.35 bits per heavy atom. The zero-order chi connectivity index (χ0) is 13.3. The van der Waals surface area contributed by atoms with Crippen LogP contribution in [-0.2, 0) is 4.79 Å². The van der Waals surface area contributed by atoms with Gasteiger partial charge >= 0.3 is 0 Å². The zero-order valence-electron chi connectivity index (χ0n) is 11.7. The lowest BCUT2D eigenvalue weighted by molar-refractivity contribution is -0.121. The van der Waals surface area contributed by atoms with E-state index in [9.17, 15) is 9.90 Å². The zero-order valence-corrected chi connectivity index (χ0v) is 11.7. The number of hydrogen-bond acceptors (Lipinski definition) is 3. The monoisotopic (exact) mass is 244 g/mol. The fourth-order valence-electron chi connectivity index (χ4n) is 1.90. The molecule has 102 valence electrons. The molecule has 0 aromatic heterocycles. The first-order chi connectivity index (χ1) is 7.91. The summed E-state index contributed by atoms with van der Waals surface area (Å²) in [5.41, 5.74) is -0.718. The molecule has 0 rings (SSSR count). The molecule has 0 spiro atoms. The van der Waals surface area contributed by atoms with Gasteiger partial charge in [-0.3, -0.25) is 4.79 Å². The van der Waals surface area contributed by atoms with Gasteiger partial charge in [-0.15, -0.1) is 0 Å². The molecule has 3 N–H and O–H groups in total. The molecular formula is C13H28N2O2. The van der Waals surface area contributed by atoms with E-state index in [0.717, 1.165) is 25.7 Å². The summed E-state index contributed by atoms with van der Waals surface area (Å²) in [5, 5.41) is 15.8. The SMILES string of the molecule is CCCC(C)NC(=O)CNCC(C)(O)CCC. The lowest BCUT2D eigenvalue weighted by Gasteiger charge is -2.23. The number of carbonyl (C=O) groups excluding carboxylic acids is 1. The van der Waals surface area contributed by atoms with E-state index >= 15 is 0 Å². The van der Waals surface area contributed by atoms with Gasteiger partial charge in [0.15, 0.2) is 0 Å². The van der Waals surface area contributed by atoms with Gasteiger partial charge in [0.2, 0.25) is 5.91 Å². The lowest BCUT2D eigenvalue weighted by atomic mass is 10.0. The molecule has 0 bridgehead atoms. The van der Waals surface area contributed by atoms with Crippen LogP contribution in [0.4, 0.5) is 0 Å². The van der Waals surface area contributed by atoms with Crippen molar-refractivity contribution < 1.29 is 9.90 Å². The number of nitrogens with one attached hydrogen (secondary N) is 2. The number of amides is 1. The van der Waals surface area contributed by atoms with Crippen LogP contribution in [0, 0.1) is 0 Å². The van der Waals surface area contributed by atoms with Crippen LogP contribution in [0.2, 0.25) is 0 Å². The second kappa shape index (κ2) is 8.48. The smallest absolute Gasteiger partial charge is 0.234 e. The van der Waals surface area contributed by atoms with E-state index in [-0.39, 0.29) is 18.5 Å². The van der Waals surface area contributed by atoms with Crippen LogP contribution >= 0.6 is 0 Å². The summed E-state index contributed by atoms with van der Waals surface area (Å²) in [6, 6.07) is 0.227. The topological polar surface area (TPSA) is 61.4 Å². The molecule has 4 heteroatoms. The van der Waals surface area contributed by atoms with Crippen molar-refractivity contribution in [2.45, 2.75) is 65.0 Å². The van der Waals surface area contributed by atoms with Crippen molar-refractivity contribution in [1.82, 2.24) is 10.6 Å². The molecule has 0 aliphatic rings. The summed E-state index contributed by atoms with van der Waals surface area (Å²) in [7, 11) is 0. The third-order valence-electron chi connectivity index (χ3n) is 2.71. The molecule has 4 nitrogen and oxygen atoms in total. The number of carbonyl (C=O) groups is 1. The minimum atomic E-state index is -0.718. The van der Waals surface area contributed by atoms with Crippen molar-refractivity contribution in [3.05, 3.63) is 0 Å². The van der Waals surface area contributed by atoms with Gasteiger partial charge in [-0.2, -0.15) is 0 Å². The second-order valence-electron chi connectivity index (χ2n) is 5.11. The van der Waals surface area contributed by atoms with Gasteiger partial charge in [-0.25, -0.2) is 0 Å². The van der Waals surface area contributed by atoms with E-state index < -0.39 is 5.60 Å².